The summed E-state index contributed by atoms with van der Waals surface area (Å²) in [6, 6.07) is 2.94. The molecule has 0 saturated carbocycles. The molecule has 0 aliphatic carbocycles. The molecular formula is C11H16N2O3S. The molecule has 0 aromatic carbocycles. The summed E-state index contributed by atoms with van der Waals surface area (Å²) >= 11 is 0. The highest BCUT2D eigenvalue weighted by Crippen LogP contribution is 2.11. The van der Waals surface area contributed by atoms with Gasteiger partial charge in [-0.3, -0.25) is 0 Å². The van der Waals surface area contributed by atoms with Crippen LogP contribution in [0.4, 0.5) is 0 Å². The first-order valence-electron chi connectivity index (χ1n) is 5.29. The zero-order valence-electron chi connectivity index (χ0n) is 9.48. The van der Waals surface area contributed by atoms with Crippen molar-refractivity contribution in [3.05, 3.63) is 17.9 Å². The van der Waals surface area contributed by atoms with E-state index >= 15 is 0 Å². The molecule has 5 nitrogen and oxygen atoms in total. The quantitative estimate of drug-likeness (QED) is 0.558. The lowest BCUT2D eigenvalue weighted by Crippen LogP contribution is -2.14. The third-order valence-corrected chi connectivity index (χ3v) is 2.92. The van der Waals surface area contributed by atoms with E-state index < -0.39 is 10.0 Å². The fourth-order valence-electron chi connectivity index (χ4n) is 1.29. The molecule has 1 heterocycles. The second-order valence-electron chi connectivity index (χ2n) is 3.60. The Labute approximate surface area is 101 Å². The van der Waals surface area contributed by atoms with Crippen molar-refractivity contribution in [1.82, 2.24) is 5.32 Å². The van der Waals surface area contributed by atoms with E-state index in [1.807, 2.05) is 0 Å². The number of furan rings is 1. The lowest BCUT2D eigenvalue weighted by molar-refractivity contribution is 0.401. The third kappa shape index (κ3) is 5.04. The van der Waals surface area contributed by atoms with Crippen molar-refractivity contribution in [3.8, 4) is 12.3 Å². The van der Waals surface area contributed by atoms with Gasteiger partial charge in [-0.2, -0.15) is 0 Å². The molecule has 0 aliphatic rings. The molecule has 0 aliphatic heterocycles. The van der Waals surface area contributed by atoms with Gasteiger partial charge in [0.25, 0.3) is 10.0 Å². The van der Waals surface area contributed by atoms with E-state index in [0.29, 0.717) is 12.3 Å². The minimum absolute atomic E-state index is 0.207. The van der Waals surface area contributed by atoms with Gasteiger partial charge in [0.05, 0.1) is 6.54 Å². The zero-order valence-corrected chi connectivity index (χ0v) is 10.3. The van der Waals surface area contributed by atoms with Crippen LogP contribution in [0.2, 0.25) is 0 Å². The Hall–Kier alpha value is -1.29. The van der Waals surface area contributed by atoms with Crippen molar-refractivity contribution in [2.75, 3.05) is 6.54 Å². The lowest BCUT2D eigenvalue weighted by atomic mass is 10.2. The number of rotatable bonds is 7. The normalized spacial score (nSPS) is 11.3. The van der Waals surface area contributed by atoms with Crippen molar-refractivity contribution in [3.63, 3.8) is 0 Å². The number of primary sulfonamides is 1. The molecule has 1 rings (SSSR count). The van der Waals surface area contributed by atoms with Crippen LogP contribution in [-0.2, 0) is 16.6 Å². The summed E-state index contributed by atoms with van der Waals surface area (Å²) in [7, 11) is -3.74. The summed E-state index contributed by atoms with van der Waals surface area (Å²) < 4.78 is 26.9. The minimum Gasteiger partial charge on any atom is -0.447 e. The van der Waals surface area contributed by atoms with Gasteiger partial charge < -0.3 is 9.73 Å². The highest BCUT2D eigenvalue weighted by Gasteiger charge is 2.12. The monoisotopic (exact) mass is 256 g/mol. The van der Waals surface area contributed by atoms with Gasteiger partial charge in [0.2, 0.25) is 5.09 Å². The Morgan fingerprint density at radius 1 is 1.41 bits per heavy atom. The number of nitrogens with two attached hydrogens (primary N) is 1. The van der Waals surface area contributed by atoms with Crippen LogP contribution in [0.3, 0.4) is 0 Å². The maximum absolute atomic E-state index is 10.9. The van der Waals surface area contributed by atoms with Crippen LogP contribution in [0.1, 0.15) is 25.0 Å². The Kier molecular flexibility index (Phi) is 5.22. The van der Waals surface area contributed by atoms with E-state index in [1.165, 1.54) is 6.07 Å². The summed E-state index contributed by atoms with van der Waals surface area (Å²) in [5.41, 5.74) is 0. The largest absolute Gasteiger partial charge is 0.447 e. The summed E-state index contributed by atoms with van der Waals surface area (Å²) in [6.07, 6.45) is 7.85. The van der Waals surface area contributed by atoms with E-state index in [-0.39, 0.29) is 5.09 Å². The van der Waals surface area contributed by atoms with Crippen LogP contribution < -0.4 is 10.5 Å². The predicted molar refractivity (Wildman–Crippen MR) is 64.5 cm³/mol. The Morgan fingerprint density at radius 2 is 2.18 bits per heavy atom. The van der Waals surface area contributed by atoms with Crippen molar-refractivity contribution in [2.45, 2.75) is 30.9 Å². The SMILES string of the molecule is C#CCCCCNCc1ccc(S(N)(=O)=O)o1. The highest BCUT2D eigenvalue weighted by molar-refractivity contribution is 7.89. The molecule has 94 valence electrons. The van der Waals surface area contributed by atoms with Crippen LogP contribution in [-0.4, -0.2) is 15.0 Å². The molecule has 1 aromatic rings. The van der Waals surface area contributed by atoms with Crippen LogP contribution in [0.15, 0.2) is 21.6 Å². The van der Waals surface area contributed by atoms with Crippen molar-refractivity contribution in [2.24, 2.45) is 5.14 Å². The summed E-state index contributed by atoms with van der Waals surface area (Å²) in [5, 5.41) is 7.84. The topological polar surface area (TPSA) is 85.3 Å². The van der Waals surface area contributed by atoms with E-state index in [9.17, 15) is 8.42 Å². The Morgan fingerprint density at radius 3 is 2.76 bits per heavy atom. The molecule has 1 aromatic heterocycles. The molecular weight excluding hydrogens is 240 g/mol. The predicted octanol–water partition coefficient (Wildman–Crippen LogP) is 0.820. The van der Waals surface area contributed by atoms with Crippen LogP contribution in [0.5, 0.6) is 0 Å². The zero-order chi connectivity index (χ0) is 12.7. The van der Waals surface area contributed by atoms with Crippen molar-refractivity contribution >= 4 is 10.0 Å². The van der Waals surface area contributed by atoms with Crippen LogP contribution >= 0.6 is 0 Å². The summed E-state index contributed by atoms with van der Waals surface area (Å²) in [6.45, 7) is 1.29. The van der Waals surface area contributed by atoms with Gasteiger partial charge in [-0.05, 0) is 31.5 Å². The lowest BCUT2D eigenvalue weighted by Gasteiger charge is -2.01. The van der Waals surface area contributed by atoms with Gasteiger partial charge in [0, 0.05) is 6.42 Å². The number of sulfonamides is 1. The van der Waals surface area contributed by atoms with E-state index in [4.69, 9.17) is 16.0 Å². The molecule has 0 atom stereocenters. The summed E-state index contributed by atoms with van der Waals surface area (Å²) in [5.74, 6) is 3.12. The molecule has 0 unspecified atom stereocenters. The fraction of sp³-hybridized carbons (Fsp3) is 0.455. The van der Waals surface area contributed by atoms with Crippen molar-refractivity contribution < 1.29 is 12.8 Å². The summed E-state index contributed by atoms with van der Waals surface area (Å²) in [4.78, 5) is 0. The van der Waals surface area contributed by atoms with Crippen LogP contribution in [0, 0.1) is 12.3 Å². The second-order valence-corrected chi connectivity index (χ2v) is 5.10. The number of hydrogen-bond donors (Lipinski definition) is 2. The van der Waals surface area contributed by atoms with Gasteiger partial charge in [-0.15, -0.1) is 12.3 Å². The molecule has 0 fully saturated rings. The third-order valence-electron chi connectivity index (χ3n) is 2.14. The molecule has 0 radical (unpaired) electrons. The maximum atomic E-state index is 10.9. The minimum atomic E-state index is -3.74. The first-order chi connectivity index (χ1) is 8.04. The van der Waals surface area contributed by atoms with Gasteiger partial charge in [0.1, 0.15) is 5.76 Å². The standard InChI is InChI=1S/C11H16N2O3S/c1-2-3-4-5-8-13-9-10-6-7-11(16-10)17(12,14)15/h1,6-7,13H,3-5,8-9H2,(H2,12,14,15). The maximum Gasteiger partial charge on any atom is 0.271 e. The molecule has 0 spiro atoms. The number of nitrogens with one attached hydrogen (secondary N) is 1. The average Bonchev–Trinajstić information content (AvgIpc) is 2.71. The van der Waals surface area contributed by atoms with Gasteiger partial charge in [0.15, 0.2) is 0 Å². The van der Waals surface area contributed by atoms with E-state index in [1.54, 1.807) is 6.07 Å². The van der Waals surface area contributed by atoms with E-state index in [2.05, 4.69) is 11.2 Å². The molecule has 17 heavy (non-hydrogen) atoms. The average molecular weight is 256 g/mol. The molecule has 0 bridgehead atoms. The van der Waals surface area contributed by atoms with Gasteiger partial charge in [-0.25, -0.2) is 13.6 Å². The van der Waals surface area contributed by atoms with Gasteiger partial charge in [-0.1, -0.05) is 0 Å². The highest BCUT2D eigenvalue weighted by atomic mass is 32.2. The molecule has 3 N–H and O–H groups in total. The van der Waals surface area contributed by atoms with E-state index in [0.717, 1.165) is 25.8 Å². The number of unbranched alkanes of at least 4 members (excludes halogenated alkanes) is 2. The second kappa shape index (κ2) is 6.45. The Balaban J connectivity index is 2.29. The smallest absolute Gasteiger partial charge is 0.271 e. The first-order valence-corrected chi connectivity index (χ1v) is 6.84. The number of hydrogen-bond acceptors (Lipinski definition) is 4. The fourth-order valence-corrected chi connectivity index (χ4v) is 1.78. The molecule has 0 amide bonds. The molecule has 0 saturated heterocycles. The van der Waals surface area contributed by atoms with Crippen LogP contribution in [0.25, 0.3) is 0 Å². The number of terminal acetylenes is 1. The van der Waals surface area contributed by atoms with Gasteiger partial charge >= 0.3 is 0 Å². The van der Waals surface area contributed by atoms with Crippen molar-refractivity contribution in [1.29, 1.82) is 0 Å². The molecule has 6 heteroatoms. The first kappa shape index (κ1) is 13.8. The Bertz CT molecular complexity index is 485.